The van der Waals surface area contributed by atoms with Crippen LogP contribution >= 0.6 is 0 Å². The van der Waals surface area contributed by atoms with E-state index in [4.69, 9.17) is 9.47 Å². The molecule has 7 nitrogen and oxygen atoms in total. The Morgan fingerprint density at radius 2 is 2.21 bits per heavy atom. The first-order valence-corrected chi connectivity index (χ1v) is 7.99. The molecule has 1 aromatic rings. The van der Waals surface area contributed by atoms with Gasteiger partial charge in [0.05, 0.1) is 18.8 Å². The minimum Gasteiger partial charge on any atom is -0.485 e. The van der Waals surface area contributed by atoms with Crippen LogP contribution in [0.3, 0.4) is 0 Å². The van der Waals surface area contributed by atoms with Crippen molar-refractivity contribution in [3.05, 3.63) is 24.0 Å². The van der Waals surface area contributed by atoms with E-state index in [0.717, 1.165) is 0 Å². The SMILES string of the molecule is CC.O=CNC[C@H]1CN(c2ccc(OC3CNC3)c(F)c2)C(=O)O1. The molecule has 2 aliphatic rings. The van der Waals surface area contributed by atoms with Crippen molar-refractivity contribution in [2.45, 2.75) is 26.1 Å². The van der Waals surface area contributed by atoms with Gasteiger partial charge in [-0.1, -0.05) is 13.8 Å². The number of benzene rings is 1. The summed E-state index contributed by atoms with van der Waals surface area (Å²) in [4.78, 5) is 23.4. The molecule has 1 atom stereocenters. The lowest BCUT2D eigenvalue weighted by Gasteiger charge is -2.28. The third kappa shape index (κ3) is 4.14. The van der Waals surface area contributed by atoms with E-state index in [2.05, 4.69) is 10.6 Å². The highest BCUT2D eigenvalue weighted by Gasteiger charge is 2.32. The Bertz CT molecular complexity index is 580. The third-order valence-electron chi connectivity index (χ3n) is 3.57. The maximum Gasteiger partial charge on any atom is 0.414 e. The highest BCUT2D eigenvalue weighted by molar-refractivity contribution is 5.89. The molecular formula is C16H22FN3O4. The number of hydrogen-bond donors (Lipinski definition) is 2. The average molecular weight is 339 g/mol. The number of ether oxygens (including phenoxy) is 2. The number of nitrogens with zero attached hydrogens (tertiary/aromatic N) is 1. The number of cyclic esters (lactones) is 1. The smallest absolute Gasteiger partial charge is 0.414 e. The van der Waals surface area contributed by atoms with Crippen molar-refractivity contribution in [2.24, 2.45) is 0 Å². The summed E-state index contributed by atoms with van der Waals surface area (Å²) in [5.74, 6) is -0.353. The van der Waals surface area contributed by atoms with Crippen LogP contribution in [0.2, 0.25) is 0 Å². The van der Waals surface area contributed by atoms with Gasteiger partial charge < -0.3 is 20.1 Å². The van der Waals surface area contributed by atoms with Crippen molar-refractivity contribution in [1.82, 2.24) is 10.6 Å². The Balaban J connectivity index is 0.00000100. The topological polar surface area (TPSA) is 79.9 Å². The molecule has 132 valence electrons. The van der Waals surface area contributed by atoms with E-state index >= 15 is 0 Å². The predicted octanol–water partition coefficient (Wildman–Crippen LogP) is 1.27. The van der Waals surface area contributed by atoms with Crippen LogP contribution in [0.5, 0.6) is 5.75 Å². The Morgan fingerprint density at radius 3 is 2.79 bits per heavy atom. The fraction of sp³-hybridized carbons (Fsp3) is 0.500. The van der Waals surface area contributed by atoms with Crippen LogP contribution in [-0.4, -0.2) is 50.9 Å². The fourth-order valence-corrected chi connectivity index (χ4v) is 2.30. The maximum absolute atomic E-state index is 14.1. The van der Waals surface area contributed by atoms with E-state index in [9.17, 15) is 14.0 Å². The minimum atomic E-state index is -0.561. The van der Waals surface area contributed by atoms with Gasteiger partial charge in [0.1, 0.15) is 12.2 Å². The van der Waals surface area contributed by atoms with Crippen LogP contribution in [0.1, 0.15) is 13.8 Å². The molecule has 24 heavy (non-hydrogen) atoms. The van der Waals surface area contributed by atoms with E-state index in [1.807, 2.05) is 13.8 Å². The molecule has 8 heteroatoms. The maximum atomic E-state index is 14.1. The van der Waals surface area contributed by atoms with Gasteiger partial charge in [-0.2, -0.15) is 0 Å². The summed E-state index contributed by atoms with van der Waals surface area (Å²) in [6.07, 6.45) is -0.486. The molecule has 2 amide bonds. The number of carbonyl (C=O) groups excluding carboxylic acids is 2. The molecule has 0 radical (unpaired) electrons. The first kappa shape index (κ1) is 18.0. The Labute approximate surface area is 140 Å². The van der Waals surface area contributed by atoms with Gasteiger partial charge in [0, 0.05) is 19.2 Å². The molecule has 2 heterocycles. The molecule has 2 aliphatic heterocycles. The summed E-state index contributed by atoms with van der Waals surface area (Å²) < 4.78 is 24.6. The molecule has 0 aliphatic carbocycles. The molecule has 0 unspecified atom stereocenters. The van der Waals surface area contributed by atoms with Crippen LogP contribution < -0.4 is 20.3 Å². The number of nitrogens with one attached hydrogen (secondary N) is 2. The zero-order valence-corrected chi connectivity index (χ0v) is 13.8. The van der Waals surface area contributed by atoms with Crippen LogP contribution in [0.25, 0.3) is 0 Å². The van der Waals surface area contributed by atoms with Gasteiger partial charge >= 0.3 is 6.09 Å². The summed E-state index contributed by atoms with van der Waals surface area (Å²) in [7, 11) is 0. The van der Waals surface area contributed by atoms with E-state index in [1.165, 1.54) is 17.0 Å². The summed E-state index contributed by atoms with van der Waals surface area (Å²) in [6, 6.07) is 4.37. The van der Waals surface area contributed by atoms with E-state index in [-0.39, 0.29) is 24.9 Å². The number of amides is 2. The fourth-order valence-electron chi connectivity index (χ4n) is 2.30. The summed E-state index contributed by atoms with van der Waals surface area (Å²) in [6.45, 7) is 5.88. The van der Waals surface area contributed by atoms with Crippen molar-refractivity contribution in [3.8, 4) is 5.75 Å². The Hall–Kier alpha value is -2.35. The first-order chi connectivity index (χ1) is 11.7. The first-order valence-electron chi connectivity index (χ1n) is 7.99. The quantitative estimate of drug-likeness (QED) is 0.763. The summed E-state index contributed by atoms with van der Waals surface area (Å²) >= 11 is 0. The van der Waals surface area contributed by atoms with Gasteiger partial charge in [0.2, 0.25) is 6.41 Å². The molecule has 0 aromatic heterocycles. The zero-order valence-electron chi connectivity index (χ0n) is 13.8. The number of rotatable bonds is 6. The van der Waals surface area contributed by atoms with Crippen molar-refractivity contribution < 1.29 is 23.5 Å². The van der Waals surface area contributed by atoms with Crippen LogP contribution in [0, 0.1) is 5.82 Å². The second kappa shape index (κ2) is 8.49. The normalized spacial score (nSPS) is 19.7. The van der Waals surface area contributed by atoms with Crippen LogP contribution in [0.4, 0.5) is 14.9 Å². The molecule has 2 saturated heterocycles. The average Bonchev–Trinajstić information content (AvgIpc) is 2.92. The van der Waals surface area contributed by atoms with Gasteiger partial charge in [-0.3, -0.25) is 9.69 Å². The van der Waals surface area contributed by atoms with Gasteiger partial charge in [0.25, 0.3) is 0 Å². The van der Waals surface area contributed by atoms with E-state index < -0.39 is 18.0 Å². The lowest BCUT2D eigenvalue weighted by molar-refractivity contribution is -0.109. The number of anilines is 1. The largest absolute Gasteiger partial charge is 0.485 e. The summed E-state index contributed by atoms with van der Waals surface area (Å²) in [5, 5.41) is 5.49. The van der Waals surface area contributed by atoms with Gasteiger partial charge in [-0.15, -0.1) is 0 Å². The molecule has 3 rings (SSSR count). The third-order valence-corrected chi connectivity index (χ3v) is 3.57. The standard InChI is InChI=1S/C14H16FN3O4.C2H6/c15-12-3-9(1-2-13(12)21-10-4-16-5-10)18-7-11(6-17-8-19)22-14(18)20;1-2/h1-3,8,10-11,16H,4-7H2,(H,17,19);1-2H3/t11-;/m0./s1. The minimum absolute atomic E-state index is 0.0177. The van der Waals surface area contributed by atoms with E-state index in [0.29, 0.717) is 25.2 Å². The molecule has 2 fully saturated rings. The second-order valence-electron chi connectivity index (χ2n) is 5.16. The molecule has 0 saturated carbocycles. The Kier molecular flexibility index (Phi) is 6.36. The van der Waals surface area contributed by atoms with Crippen LogP contribution in [0.15, 0.2) is 18.2 Å². The molecule has 0 spiro atoms. The van der Waals surface area contributed by atoms with Crippen molar-refractivity contribution in [3.63, 3.8) is 0 Å². The zero-order chi connectivity index (χ0) is 17.5. The number of halogens is 1. The van der Waals surface area contributed by atoms with Crippen LogP contribution in [-0.2, 0) is 9.53 Å². The van der Waals surface area contributed by atoms with Crippen molar-refractivity contribution in [1.29, 1.82) is 0 Å². The highest BCUT2D eigenvalue weighted by atomic mass is 19.1. The lowest BCUT2D eigenvalue weighted by Crippen LogP contribution is -2.50. The molecule has 0 bridgehead atoms. The predicted molar refractivity (Wildman–Crippen MR) is 86.7 cm³/mol. The summed E-state index contributed by atoms with van der Waals surface area (Å²) in [5.41, 5.74) is 0.398. The molecular weight excluding hydrogens is 317 g/mol. The second-order valence-corrected chi connectivity index (χ2v) is 5.16. The van der Waals surface area contributed by atoms with Gasteiger partial charge in [-0.05, 0) is 12.1 Å². The van der Waals surface area contributed by atoms with Gasteiger partial charge in [0.15, 0.2) is 11.6 Å². The monoisotopic (exact) mass is 339 g/mol. The van der Waals surface area contributed by atoms with Crippen molar-refractivity contribution in [2.75, 3.05) is 31.1 Å². The molecule has 2 N–H and O–H groups in total. The molecule has 1 aromatic carbocycles. The van der Waals surface area contributed by atoms with Gasteiger partial charge in [-0.25, -0.2) is 9.18 Å². The number of carbonyl (C=O) groups is 2. The lowest BCUT2D eigenvalue weighted by atomic mass is 10.2. The Morgan fingerprint density at radius 1 is 1.46 bits per heavy atom. The highest BCUT2D eigenvalue weighted by Crippen LogP contribution is 2.27. The van der Waals surface area contributed by atoms with E-state index in [1.54, 1.807) is 6.07 Å². The van der Waals surface area contributed by atoms with Crippen molar-refractivity contribution >= 4 is 18.2 Å². The number of hydrogen-bond acceptors (Lipinski definition) is 5.